The van der Waals surface area contributed by atoms with Gasteiger partial charge in [-0.1, -0.05) is 11.6 Å². The Bertz CT molecular complexity index is 589. The molecule has 1 saturated heterocycles. The lowest BCUT2D eigenvalue weighted by Gasteiger charge is -2.32. The summed E-state index contributed by atoms with van der Waals surface area (Å²) < 4.78 is 83.0. The van der Waals surface area contributed by atoms with E-state index in [2.05, 4.69) is 4.74 Å². The number of cyclic esters (lactones) is 1. The zero-order chi connectivity index (χ0) is 16.0. The summed E-state index contributed by atoms with van der Waals surface area (Å²) in [5.41, 5.74) is -2.46. The molecule has 21 heavy (non-hydrogen) atoms. The highest BCUT2D eigenvalue weighted by Gasteiger charge is 2.48. The first-order chi connectivity index (χ1) is 9.52. The lowest BCUT2D eigenvalue weighted by Crippen LogP contribution is -2.50. The minimum atomic E-state index is -4.91. The quantitative estimate of drug-likeness (QED) is 0.791. The van der Waals surface area contributed by atoms with Crippen molar-refractivity contribution in [3.8, 4) is 0 Å². The number of hydrogen-bond donors (Lipinski definition) is 1. The minimum Gasteiger partial charge on any atom is -0.443 e. The Balaban J connectivity index is 2.56. The summed E-state index contributed by atoms with van der Waals surface area (Å²) in [4.78, 5) is 11.0. The summed E-state index contributed by atoms with van der Waals surface area (Å²) in [6, 6.07) is -1.84. The molecule has 0 radical (unpaired) electrons. The van der Waals surface area contributed by atoms with Gasteiger partial charge in [0.05, 0.1) is 10.6 Å². The zero-order valence-corrected chi connectivity index (χ0v) is 10.7. The molecular formula is C11H6ClF6NO2. The number of carbonyl (C=O) groups is 1. The van der Waals surface area contributed by atoms with Crippen LogP contribution in [0, 0.1) is 5.82 Å². The van der Waals surface area contributed by atoms with Gasteiger partial charge >= 0.3 is 18.2 Å². The van der Waals surface area contributed by atoms with Crippen molar-refractivity contribution in [1.29, 1.82) is 0 Å². The number of alkyl carbamates (subject to hydrolysis) is 1. The monoisotopic (exact) mass is 333 g/mol. The summed E-state index contributed by atoms with van der Waals surface area (Å²) in [7, 11) is 0. The van der Waals surface area contributed by atoms with Crippen LogP contribution in [-0.4, -0.2) is 18.6 Å². The van der Waals surface area contributed by atoms with Gasteiger partial charge in [0.1, 0.15) is 11.9 Å². The molecule has 0 unspecified atom stereocenters. The maximum Gasteiger partial charge on any atom is 0.416 e. The lowest BCUT2D eigenvalue weighted by molar-refractivity contribution is -0.138. The van der Waals surface area contributed by atoms with Gasteiger partial charge in [-0.3, -0.25) is 0 Å². The molecule has 1 aromatic rings. The van der Waals surface area contributed by atoms with Gasteiger partial charge in [0.25, 0.3) is 0 Å². The number of nitrogens with one attached hydrogen (secondary N) is 1. The molecule has 10 heteroatoms. The molecular weight excluding hydrogens is 328 g/mol. The van der Waals surface area contributed by atoms with Crippen molar-refractivity contribution in [3.63, 3.8) is 0 Å². The van der Waals surface area contributed by atoms with Crippen molar-refractivity contribution < 1.29 is 35.9 Å². The van der Waals surface area contributed by atoms with Crippen molar-refractivity contribution in [1.82, 2.24) is 5.32 Å². The smallest absolute Gasteiger partial charge is 0.416 e. The average Bonchev–Trinajstić information content (AvgIpc) is 2.34. The number of hydrogen-bond acceptors (Lipinski definition) is 2. The molecule has 1 aliphatic rings. The summed E-state index contributed by atoms with van der Waals surface area (Å²) in [5.74, 6) is -5.25. The van der Waals surface area contributed by atoms with Crippen LogP contribution in [-0.2, 0) is 10.9 Å². The minimum absolute atomic E-state index is 0.186. The van der Waals surface area contributed by atoms with Gasteiger partial charge in [-0.05, 0) is 12.1 Å². The molecule has 0 aromatic heterocycles. The van der Waals surface area contributed by atoms with Crippen LogP contribution in [0.3, 0.4) is 0 Å². The molecule has 3 nitrogen and oxygen atoms in total. The highest BCUT2D eigenvalue weighted by Crippen LogP contribution is 2.40. The fourth-order valence-corrected chi connectivity index (χ4v) is 2.03. The number of halogens is 7. The number of rotatable bonds is 1. The third kappa shape index (κ3) is 3.02. The zero-order valence-electron chi connectivity index (χ0n) is 9.90. The van der Waals surface area contributed by atoms with E-state index >= 15 is 0 Å². The van der Waals surface area contributed by atoms with Gasteiger partial charge in [0.15, 0.2) is 6.61 Å². The van der Waals surface area contributed by atoms with Crippen LogP contribution < -0.4 is 5.32 Å². The van der Waals surface area contributed by atoms with Crippen LogP contribution in [0.2, 0.25) is 5.02 Å². The molecule has 2 rings (SSSR count). The maximum absolute atomic E-state index is 13.8. The molecule has 1 N–H and O–H groups in total. The summed E-state index contributed by atoms with van der Waals surface area (Å²) in [6.07, 6.45) is -6.20. The Morgan fingerprint density at radius 3 is 2.52 bits per heavy atom. The molecule has 1 amide bonds. The maximum atomic E-state index is 13.8. The number of ether oxygens (including phenoxy) is 1. The number of amides is 1. The van der Waals surface area contributed by atoms with E-state index < -0.39 is 52.8 Å². The van der Waals surface area contributed by atoms with Gasteiger partial charge < -0.3 is 10.1 Å². The van der Waals surface area contributed by atoms with E-state index in [1.165, 1.54) is 0 Å². The molecule has 0 saturated carbocycles. The standard InChI is InChI=1S/C11H6ClF6NO2/c12-6-2-4(11(16,17)18)1-5(7(6)13)8-10(14,15)3-21-9(20)19-8/h1-2,8H,3H2,(H,19,20)/t8-/m0/s1. The van der Waals surface area contributed by atoms with E-state index in [9.17, 15) is 31.1 Å². The predicted molar refractivity (Wildman–Crippen MR) is 58.6 cm³/mol. The summed E-state index contributed by atoms with van der Waals surface area (Å²) >= 11 is 5.31. The van der Waals surface area contributed by atoms with Crippen LogP contribution in [0.4, 0.5) is 31.1 Å². The largest absolute Gasteiger partial charge is 0.443 e. The molecule has 1 heterocycles. The molecule has 116 valence electrons. The topological polar surface area (TPSA) is 38.3 Å². The Morgan fingerprint density at radius 2 is 1.95 bits per heavy atom. The number of carbonyl (C=O) groups excluding carboxylic acids is 1. The van der Waals surface area contributed by atoms with E-state index in [1.807, 2.05) is 0 Å². The average molecular weight is 334 g/mol. The van der Waals surface area contributed by atoms with Crippen molar-refractivity contribution in [2.45, 2.75) is 18.1 Å². The van der Waals surface area contributed by atoms with E-state index in [1.54, 1.807) is 5.32 Å². The normalized spacial score (nSPS) is 21.7. The van der Waals surface area contributed by atoms with E-state index in [-0.39, 0.29) is 12.1 Å². The molecule has 1 fully saturated rings. The molecule has 1 aliphatic heterocycles. The second-order valence-corrected chi connectivity index (χ2v) is 4.68. The lowest BCUT2D eigenvalue weighted by atomic mass is 9.97. The molecule has 1 aromatic carbocycles. The first-order valence-electron chi connectivity index (χ1n) is 5.39. The van der Waals surface area contributed by atoms with E-state index in [0.717, 1.165) is 0 Å². The van der Waals surface area contributed by atoms with Gasteiger partial charge in [-0.2, -0.15) is 13.2 Å². The number of benzene rings is 1. The van der Waals surface area contributed by atoms with E-state index in [0.29, 0.717) is 0 Å². The van der Waals surface area contributed by atoms with Crippen LogP contribution in [0.1, 0.15) is 17.2 Å². The van der Waals surface area contributed by atoms with Gasteiger partial charge in [0.2, 0.25) is 0 Å². The van der Waals surface area contributed by atoms with Crippen molar-refractivity contribution in [3.05, 3.63) is 34.1 Å². The van der Waals surface area contributed by atoms with Crippen molar-refractivity contribution in [2.24, 2.45) is 0 Å². The SMILES string of the molecule is O=C1N[C@@H](c2cc(C(F)(F)F)cc(Cl)c2F)C(F)(F)CO1. The van der Waals surface area contributed by atoms with Crippen molar-refractivity contribution in [2.75, 3.05) is 6.61 Å². The molecule has 1 atom stereocenters. The molecule has 0 bridgehead atoms. The number of alkyl halides is 5. The predicted octanol–water partition coefficient (Wildman–Crippen LogP) is 3.91. The summed E-state index contributed by atoms with van der Waals surface area (Å²) in [5, 5.41) is 0.617. The van der Waals surface area contributed by atoms with Gasteiger partial charge in [-0.15, -0.1) is 0 Å². The third-order valence-corrected chi connectivity index (χ3v) is 3.05. The van der Waals surface area contributed by atoms with Crippen LogP contribution in [0.25, 0.3) is 0 Å². The Morgan fingerprint density at radius 1 is 1.33 bits per heavy atom. The van der Waals surface area contributed by atoms with E-state index in [4.69, 9.17) is 11.6 Å². The fraction of sp³-hybridized carbons (Fsp3) is 0.364. The second kappa shape index (κ2) is 4.97. The Labute approximate surface area is 118 Å². The van der Waals surface area contributed by atoms with Crippen molar-refractivity contribution >= 4 is 17.7 Å². The third-order valence-electron chi connectivity index (χ3n) is 2.77. The van der Waals surface area contributed by atoms with Crippen LogP contribution in [0.15, 0.2) is 12.1 Å². The first-order valence-corrected chi connectivity index (χ1v) is 5.77. The second-order valence-electron chi connectivity index (χ2n) is 4.27. The highest BCUT2D eigenvalue weighted by atomic mass is 35.5. The Hall–Kier alpha value is -1.64. The molecule has 0 aliphatic carbocycles. The first kappa shape index (κ1) is 15.7. The van der Waals surface area contributed by atoms with Crippen LogP contribution >= 0.6 is 11.6 Å². The summed E-state index contributed by atoms with van der Waals surface area (Å²) in [6.45, 7) is -1.38. The highest BCUT2D eigenvalue weighted by molar-refractivity contribution is 6.30. The molecule has 0 spiro atoms. The fourth-order valence-electron chi connectivity index (χ4n) is 1.80. The van der Waals surface area contributed by atoms with Gasteiger partial charge in [0, 0.05) is 5.56 Å². The van der Waals surface area contributed by atoms with Gasteiger partial charge in [-0.25, -0.2) is 18.0 Å². The Kier molecular flexibility index (Phi) is 3.73. The van der Waals surface area contributed by atoms with Crippen LogP contribution in [0.5, 0.6) is 0 Å².